The molecule has 4 radical (unpaired) electrons. The van der Waals surface area contributed by atoms with Crippen molar-refractivity contribution in [3.63, 3.8) is 0 Å². The summed E-state index contributed by atoms with van der Waals surface area (Å²) in [6.45, 7) is 7.50. The van der Waals surface area contributed by atoms with E-state index in [1.165, 1.54) is 12.1 Å². The van der Waals surface area contributed by atoms with Crippen LogP contribution in [0.1, 0.15) is 67.6 Å². The van der Waals surface area contributed by atoms with Crippen molar-refractivity contribution in [1.82, 2.24) is 10.2 Å². The molecule has 1 saturated heterocycles. The van der Waals surface area contributed by atoms with E-state index in [1.54, 1.807) is 24.3 Å². The average Bonchev–Trinajstić information content (AvgIpc) is 3.02. The molecule has 1 aliphatic rings. The maximum absolute atomic E-state index is 13.6. The molecule has 1 fully saturated rings. The van der Waals surface area contributed by atoms with Crippen LogP contribution in [0.5, 0.6) is 5.75 Å². The van der Waals surface area contributed by atoms with E-state index in [9.17, 15) is 34.8 Å². The van der Waals surface area contributed by atoms with Crippen LogP contribution >= 0.6 is 0 Å². The van der Waals surface area contributed by atoms with Gasteiger partial charge >= 0.3 is 12.1 Å². The molecule has 2 aromatic rings. The molecule has 6 N–H and O–H groups in total. The molecule has 0 aromatic heterocycles. The Bertz CT molecular complexity index is 1420. The number of rotatable bonds is 15. The van der Waals surface area contributed by atoms with Crippen molar-refractivity contribution < 1.29 is 180 Å². The van der Waals surface area contributed by atoms with E-state index in [1.807, 2.05) is 46.7 Å². The number of likely N-dealkylation sites (N-methyl/N-ethyl adjacent to an activating group) is 1. The number of anilines is 1. The van der Waals surface area contributed by atoms with Gasteiger partial charge in [-0.15, -0.1) is 0 Å². The van der Waals surface area contributed by atoms with E-state index in [-0.39, 0.29) is 182 Å². The molecule has 3 atom stereocenters. The van der Waals surface area contributed by atoms with Gasteiger partial charge in [0.2, 0.25) is 6.29 Å². The Morgan fingerprint density at radius 3 is 2.22 bits per heavy atom. The first-order valence-corrected chi connectivity index (χ1v) is 15.3. The SMILES string of the molecule is CN(C)C(C)(C)COC(C)(C)CNC(=O)c1cc(COC(=O)Nc2ccc(CO)cc2CO)ccc1OC1CC(O)CC(C(=O)O)O1.[Ta].[Tb].[Y].[Y]. The first-order chi connectivity index (χ1) is 22.0. The number of nitrogens with one attached hydrogen (secondary N) is 2. The molecule has 3 rings (SSSR count). The Kier molecular flexibility index (Phi) is 26.1. The molecule has 51 heavy (non-hydrogen) atoms. The van der Waals surface area contributed by atoms with Gasteiger partial charge in [-0.25, -0.2) is 9.59 Å². The number of benzene rings is 2. The van der Waals surface area contributed by atoms with Crippen molar-refractivity contribution in [3.8, 4) is 5.75 Å². The third-order valence-corrected chi connectivity index (χ3v) is 7.92. The standard InChI is InChI=1S/C33H47N3O11.Ta.Tb.2Y/c1-32(2,36(5)6)19-45-33(3,4)18-34-29(40)24-12-21(8-10-26(24)46-28-14-23(39)13-27(47-28)30(41)42)17-44-31(43)35-25-9-7-20(15-37)11-22(25)16-38;;;;/h7-12,23,27-28,37-39H,13-19H2,1-6H3,(H,34,40)(H,35,43)(H,41,42);;;;. The summed E-state index contributed by atoms with van der Waals surface area (Å²) in [5, 5.41) is 44.0. The normalized spacial score (nSPS) is 17.0. The van der Waals surface area contributed by atoms with Crippen molar-refractivity contribution in [3.05, 3.63) is 58.7 Å². The quantitative estimate of drug-likeness (QED) is 0.153. The second kappa shape index (κ2) is 24.9. The van der Waals surface area contributed by atoms with Crippen molar-refractivity contribution in [2.75, 3.05) is 32.6 Å². The van der Waals surface area contributed by atoms with Crippen molar-refractivity contribution in [1.29, 1.82) is 0 Å². The van der Waals surface area contributed by atoms with Crippen LogP contribution in [0.2, 0.25) is 0 Å². The molecule has 0 bridgehead atoms. The van der Waals surface area contributed by atoms with Crippen molar-refractivity contribution in [2.45, 2.75) is 90.0 Å². The smallest absolute Gasteiger partial charge is 0.411 e. The molecule has 18 heteroatoms. The zero-order chi connectivity index (χ0) is 34.9. The molecular formula is C33H47N3O11TaTbY2. The van der Waals surface area contributed by atoms with Gasteiger partial charge in [-0.3, -0.25) is 10.1 Å². The molecule has 280 valence electrons. The molecule has 0 saturated carbocycles. The summed E-state index contributed by atoms with van der Waals surface area (Å²) in [5.74, 6) is -1.70. The Labute approximate surface area is 395 Å². The summed E-state index contributed by atoms with van der Waals surface area (Å²) in [7, 11) is 3.91. The number of hydrogen-bond donors (Lipinski definition) is 6. The van der Waals surface area contributed by atoms with Crippen LogP contribution in [0.3, 0.4) is 0 Å². The van der Waals surface area contributed by atoms with E-state index < -0.39 is 42.1 Å². The Morgan fingerprint density at radius 1 is 0.980 bits per heavy atom. The number of nitrogens with zero attached hydrogens (tertiary/aromatic N) is 1. The molecule has 0 spiro atoms. The van der Waals surface area contributed by atoms with Gasteiger partial charge in [-0.05, 0) is 77.2 Å². The second-order valence-corrected chi connectivity index (χ2v) is 12.9. The predicted molar refractivity (Wildman–Crippen MR) is 171 cm³/mol. The van der Waals surface area contributed by atoms with Crippen LogP contribution < -0.4 is 15.4 Å². The van der Waals surface area contributed by atoms with E-state index >= 15 is 0 Å². The van der Waals surface area contributed by atoms with Crippen LogP contribution in [0.15, 0.2) is 36.4 Å². The van der Waals surface area contributed by atoms with Gasteiger partial charge in [0.1, 0.15) is 12.4 Å². The largest absolute Gasteiger partial charge is 0.479 e. The van der Waals surface area contributed by atoms with Gasteiger partial charge in [0.15, 0.2) is 6.10 Å². The van der Waals surface area contributed by atoms with Gasteiger partial charge in [-0.2, -0.15) is 0 Å². The van der Waals surface area contributed by atoms with Gasteiger partial charge in [-0.1, -0.05) is 12.1 Å². The van der Waals surface area contributed by atoms with E-state index in [2.05, 4.69) is 10.6 Å². The number of carbonyl (C=O) groups is 3. The minimum atomic E-state index is -1.28. The third kappa shape index (κ3) is 17.4. The minimum Gasteiger partial charge on any atom is -0.479 e. The predicted octanol–water partition coefficient (Wildman–Crippen LogP) is 2.61. The third-order valence-electron chi connectivity index (χ3n) is 7.92. The fourth-order valence-electron chi connectivity index (χ4n) is 4.42. The molecule has 0 aliphatic carbocycles. The summed E-state index contributed by atoms with van der Waals surface area (Å²) in [6.07, 6.45) is -4.30. The zero-order valence-corrected chi connectivity index (χ0v) is 40.7. The second-order valence-electron chi connectivity index (χ2n) is 12.9. The molecule has 1 aliphatic heterocycles. The number of aliphatic carboxylic acids is 1. The van der Waals surface area contributed by atoms with Crippen LogP contribution in [-0.4, -0.2) is 100 Å². The van der Waals surface area contributed by atoms with E-state index in [4.69, 9.17) is 18.9 Å². The zero-order valence-electron chi connectivity index (χ0n) is 29.7. The monoisotopic (exact) mass is 1180 g/mol. The summed E-state index contributed by atoms with van der Waals surface area (Å²) >= 11 is 0. The maximum Gasteiger partial charge on any atom is 0.411 e. The molecular weight excluding hydrogens is 1130 g/mol. The van der Waals surface area contributed by atoms with Gasteiger partial charge in [0.25, 0.3) is 5.91 Å². The van der Waals surface area contributed by atoms with Crippen molar-refractivity contribution in [2.24, 2.45) is 0 Å². The Balaban J connectivity index is 0. The summed E-state index contributed by atoms with van der Waals surface area (Å²) in [6, 6.07) is 9.22. The average molecular weight is 1180 g/mol. The fraction of sp³-hybridized carbons (Fsp3) is 0.545. The first-order valence-electron chi connectivity index (χ1n) is 15.3. The van der Waals surface area contributed by atoms with E-state index in [0.29, 0.717) is 29.0 Å². The first kappa shape index (κ1) is 53.5. The molecule has 2 aromatic carbocycles. The van der Waals surface area contributed by atoms with Gasteiger partial charge in [0.05, 0.1) is 37.1 Å². The Hall–Kier alpha value is 0.444. The number of amides is 2. The number of aliphatic hydroxyl groups excluding tert-OH is 3. The number of carboxylic acid groups (broad SMARTS) is 1. The molecule has 1 heterocycles. The van der Waals surface area contributed by atoms with Crippen LogP contribution in [0, 0.1) is 38.6 Å². The topological polar surface area (TPSA) is 196 Å². The molecule has 14 nitrogen and oxygen atoms in total. The number of aliphatic hydroxyl groups is 3. The van der Waals surface area contributed by atoms with Crippen molar-refractivity contribution >= 4 is 23.7 Å². The fourth-order valence-corrected chi connectivity index (χ4v) is 4.42. The summed E-state index contributed by atoms with van der Waals surface area (Å²) in [4.78, 5) is 39.7. The molecule has 2 amide bonds. The number of ether oxygens (including phenoxy) is 4. The molecule has 3 unspecified atom stereocenters. The van der Waals surface area contributed by atoms with Gasteiger partial charge < -0.3 is 49.6 Å². The number of hydrogen-bond acceptors (Lipinski definition) is 11. The summed E-state index contributed by atoms with van der Waals surface area (Å²) < 4.78 is 22.9. The Morgan fingerprint density at radius 2 is 1.63 bits per heavy atom. The number of carbonyl (C=O) groups excluding carboxylic acids is 2. The van der Waals surface area contributed by atoms with Gasteiger partial charge in [0, 0.05) is 163 Å². The summed E-state index contributed by atoms with van der Waals surface area (Å²) in [5.41, 5.74) is 0.791. The van der Waals surface area contributed by atoms with E-state index in [0.717, 1.165) is 0 Å². The minimum absolute atomic E-state index is 0. The maximum atomic E-state index is 13.6. The van der Waals surface area contributed by atoms with Crippen LogP contribution in [-0.2, 0) is 127 Å². The van der Waals surface area contributed by atoms with Crippen LogP contribution in [0.25, 0.3) is 0 Å². The van der Waals surface area contributed by atoms with Crippen LogP contribution in [0.4, 0.5) is 10.5 Å². The number of carboxylic acids is 1.